The van der Waals surface area contributed by atoms with Gasteiger partial charge in [-0.1, -0.05) is 48.5 Å². The van der Waals surface area contributed by atoms with E-state index in [1.54, 1.807) is 13.0 Å². The van der Waals surface area contributed by atoms with Crippen molar-refractivity contribution in [2.45, 2.75) is 13.0 Å². The van der Waals surface area contributed by atoms with E-state index in [9.17, 15) is 5.11 Å². The largest absolute Gasteiger partial charge is 0.398 e. The van der Waals surface area contributed by atoms with Crippen molar-refractivity contribution >= 4 is 5.69 Å². The van der Waals surface area contributed by atoms with Crippen LogP contribution in [0.4, 0.5) is 5.69 Å². The highest BCUT2D eigenvalue weighted by Gasteiger charge is 2.11. The number of nitrogen functional groups attached to an aromatic ring is 1. The monoisotopic (exact) mass is 245 g/mol. The Morgan fingerprint density at radius 1 is 1.00 bits per heavy atom. The molecule has 1 unspecified atom stereocenters. The standard InChI is InChI=1S/C13H13NO.C2H6O/c14-12-9-5-4-8-11(12)13(15)10-6-2-1-3-7-10;1-2-3/h1-9,13,15H,14H2;3H,2H2,1H3. The van der Waals surface area contributed by atoms with Crippen molar-refractivity contribution in [3.8, 4) is 0 Å². The minimum atomic E-state index is -0.646. The molecule has 2 rings (SSSR count). The van der Waals surface area contributed by atoms with Gasteiger partial charge in [-0.2, -0.15) is 0 Å². The van der Waals surface area contributed by atoms with Crippen LogP contribution in [-0.4, -0.2) is 16.8 Å². The first-order valence-corrected chi connectivity index (χ1v) is 5.89. The molecule has 3 heteroatoms. The fourth-order valence-corrected chi connectivity index (χ4v) is 1.57. The molecule has 4 N–H and O–H groups in total. The van der Waals surface area contributed by atoms with E-state index in [1.807, 2.05) is 48.5 Å². The molecule has 0 radical (unpaired) electrons. The molecule has 0 bridgehead atoms. The Morgan fingerprint density at radius 3 is 2.06 bits per heavy atom. The Bertz CT molecular complexity index is 457. The molecule has 0 aliphatic rings. The lowest BCUT2D eigenvalue weighted by Crippen LogP contribution is -2.03. The van der Waals surface area contributed by atoms with E-state index < -0.39 is 6.10 Å². The fourth-order valence-electron chi connectivity index (χ4n) is 1.57. The highest BCUT2D eigenvalue weighted by atomic mass is 16.3. The normalized spacial score (nSPS) is 11.3. The van der Waals surface area contributed by atoms with Crippen molar-refractivity contribution in [3.05, 3.63) is 65.7 Å². The number of rotatable bonds is 2. The van der Waals surface area contributed by atoms with Gasteiger partial charge in [0.1, 0.15) is 6.10 Å². The van der Waals surface area contributed by atoms with Crippen LogP contribution < -0.4 is 5.73 Å². The summed E-state index contributed by atoms with van der Waals surface area (Å²) in [6, 6.07) is 16.9. The smallest absolute Gasteiger partial charge is 0.106 e. The number of hydrogen-bond acceptors (Lipinski definition) is 3. The van der Waals surface area contributed by atoms with Crippen molar-refractivity contribution in [3.63, 3.8) is 0 Å². The van der Waals surface area contributed by atoms with Crippen LogP contribution >= 0.6 is 0 Å². The minimum absolute atomic E-state index is 0.250. The van der Waals surface area contributed by atoms with Crippen molar-refractivity contribution < 1.29 is 10.2 Å². The number of hydrogen-bond donors (Lipinski definition) is 3. The molecule has 1 atom stereocenters. The summed E-state index contributed by atoms with van der Waals surface area (Å²) in [5.41, 5.74) is 8.03. The zero-order chi connectivity index (χ0) is 13.4. The molecule has 2 aromatic carbocycles. The summed E-state index contributed by atoms with van der Waals surface area (Å²) in [6.07, 6.45) is -0.646. The summed E-state index contributed by atoms with van der Waals surface area (Å²) in [6.45, 7) is 1.93. The predicted molar refractivity (Wildman–Crippen MR) is 74.1 cm³/mol. The van der Waals surface area contributed by atoms with E-state index in [4.69, 9.17) is 10.8 Å². The molecule has 3 nitrogen and oxygen atoms in total. The van der Waals surface area contributed by atoms with Gasteiger partial charge in [-0.05, 0) is 18.6 Å². The number of para-hydroxylation sites is 1. The Balaban J connectivity index is 0.000000492. The number of nitrogens with two attached hydrogens (primary N) is 1. The van der Waals surface area contributed by atoms with Crippen LogP contribution in [0.1, 0.15) is 24.2 Å². The molecular formula is C15H19NO2. The second-order valence-corrected chi connectivity index (χ2v) is 3.76. The third kappa shape index (κ3) is 3.87. The molecule has 0 aliphatic carbocycles. The second kappa shape index (κ2) is 7.48. The number of aliphatic hydroxyl groups excluding tert-OH is 2. The Labute approximate surface area is 108 Å². The van der Waals surface area contributed by atoms with Gasteiger partial charge >= 0.3 is 0 Å². The molecule has 0 saturated heterocycles. The van der Waals surface area contributed by atoms with Gasteiger partial charge in [-0.25, -0.2) is 0 Å². The van der Waals surface area contributed by atoms with E-state index in [1.165, 1.54) is 0 Å². The lowest BCUT2D eigenvalue weighted by molar-refractivity contribution is 0.221. The van der Waals surface area contributed by atoms with Crippen molar-refractivity contribution in [2.75, 3.05) is 12.3 Å². The average molecular weight is 245 g/mol. The summed E-state index contributed by atoms with van der Waals surface area (Å²) in [5, 5.41) is 17.7. The van der Waals surface area contributed by atoms with Crippen LogP contribution in [0.2, 0.25) is 0 Å². The van der Waals surface area contributed by atoms with Gasteiger partial charge in [0.05, 0.1) is 0 Å². The van der Waals surface area contributed by atoms with Gasteiger partial charge in [0.2, 0.25) is 0 Å². The van der Waals surface area contributed by atoms with Crippen LogP contribution in [0.3, 0.4) is 0 Å². The maximum atomic E-state index is 10.1. The van der Waals surface area contributed by atoms with Crippen molar-refractivity contribution in [2.24, 2.45) is 0 Å². The first kappa shape index (κ1) is 14.2. The number of anilines is 1. The lowest BCUT2D eigenvalue weighted by atomic mass is 10.0. The van der Waals surface area contributed by atoms with E-state index >= 15 is 0 Å². The lowest BCUT2D eigenvalue weighted by Gasteiger charge is -2.13. The van der Waals surface area contributed by atoms with Gasteiger partial charge in [0.25, 0.3) is 0 Å². The molecule has 0 amide bonds. The Hall–Kier alpha value is -1.84. The zero-order valence-corrected chi connectivity index (χ0v) is 10.5. The Morgan fingerprint density at radius 2 is 1.50 bits per heavy atom. The van der Waals surface area contributed by atoms with Crippen LogP contribution in [0, 0.1) is 0 Å². The minimum Gasteiger partial charge on any atom is -0.398 e. The van der Waals surface area contributed by atoms with E-state index in [2.05, 4.69) is 0 Å². The molecule has 0 spiro atoms. The third-order valence-electron chi connectivity index (χ3n) is 2.41. The van der Waals surface area contributed by atoms with Gasteiger partial charge in [-0.15, -0.1) is 0 Å². The molecule has 0 aliphatic heterocycles. The molecule has 96 valence electrons. The summed E-state index contributed by atoms with van der Waals surface area (Å²) in [5.74, 6) is 0. The van der Waals surface area contributed by atoms with E-state index in [0.29, 0.717) is 5.69 Å². The zero-order valence-electron chi connectivity index (χ0n) is 10.5. The summed E-state index contributed by atoms with van der Waals surface area (Å²) in [4.78, 5) is 0. The van der Waals surface area contributed by atoms with E-state index in [-0.39, 0.29) is 6.61 Å². The highest BCUT2D eigenvalue weighted by Crippen LogP contribution is 2.25. The number of benzene rings is 2. The molecule has 0 heterocycles. The van der Waals surface area contributed by atoms with Crippen LogP contribution in [0.5, 0.6) is 0 Å². The topological polar surface area (TPSA) is 66.5 Å². The Kier molecular flexibility index (Phi) is 5.91. The van der Waals surface area contributed by atoms with Gasteiger partial charge in [-0.3, -0.25) is 0 Å². The summed E-state index contributed by atoms with van der Waals surface area (Å²) < 4.78 is 0. The molecule has 18 heavy (non-hydrogen) atoms. The van der Waals surface area contributed by atoms with Gasteiger partial charge in [0, 0.05) is 17.9 Å². The quantitative estimate of drug-likeness (QED) is 0.711. The van der Waals surface area contributed by atoms with Gasteiger partial charge < -0.3 is 15.9 Å². The second-order valence-electron chi connectivity index (χ2n) is 3.76. The SMILES string of the molecule is CCO.Nc1ccccc1C(O)c1ccccc1. The molecule has 0 fully saturated rings. The molecule has 0 aromatic heterocycles. The maximum Gasteiger partial charge on any atom is 0.106 e. The average Bonchev–Trinajstić information content (AvgIpc) is 2.40. The van der Waals surface area contributed by atoms with E-state index in [0.717, 1.165) is 11.1 Å². The number of aliphatic hydroxyl groups is 2. The van der Waals surface area contributed by atoms with Crippen molar-refractivity contribution in [1.82, 2.24) is 0 Å². The van der Waals surface area contributed by atoms with Crippen LogP contribution in [-0.2, 0) is 0 Å². The fraction of sp³-hybridized carbons (Fsp3) is 0.200. The summed E-state index contributed by atoms with van der Waals surface area (Å²) >= 11 is 0. The molecular weight excluding hydrogens is 226 g/mol. The van der Waals surface area contributed by atoms with Crippen LogP contribution in [0.25, 0.3) is 0 Å². The molecule has 2 aromatic rings. The highest BCUT2D eigenvalue weighted by molar-refractivity contribution is 5.50. The van der Waals surface area contributed by atoms with Gasteiger partial charge in [0.15, 0.2) is 0 Å². The summed E-state index contributed by atoms with van der Waals surface area (Å²) in [7, 11) is 0. The van der Waals surface area contributed by atoms with Crippen LogP contribution in [0.15, 0.2) is 54.6 Å². The third-order valence-corrected chi connectivity index (χ3v) is 2.41. The molecule has 0 saturated carbocycles. The first-order chi connectivity index (χ1) is 8.70. The predicted octanol–water partition coefficient (Wildman–Crippen LogP) is 2.35. The van der Waals surface area contributed by atoms with Crippen molar-refractivity contribution in [1.29, 1.82) is 0 Å². The maximum absolute atomic E-state index is 10.1. The first-order valence-electron chi connectivity index (χ1n) is 5.89.